The molecule has 0 unspecified atom stereocenters. The van der Waals surface area contributed by atoms with E-state index in [9.17, 15) is 19.2 Å². The summed E-state index contributed by atoms with van der Waals surface area (Å²) in [6, 6.07) is 1.22. The molecule has 0 fully saturated rings. The molecule has 0 spiro atoms. The van der Waals surface area contributed by atoms with E-state index in [0.29, 0.717) is 5.19 Å². The first-order valence-corrected chi connectivity index (χ1v) is 9.46. The Hall–Kier alpha value is -2.28. The fraction of sp³-hybridized carbons (Fsp3) is 0.231. The van der Waals surface area contributed by atoms with Crippen LogP contribution < -0.4 is 27.7 Å². The van der Waals surface area contributed by atoms with Crippen LogP contribution in [0.15, 0.2) is 34.1 Å². The van der Waals surface area contributed by atoms with Crippen LogP contribution in [0.3, 0.4) is 0 Å². The predicted molar refractivity (Wildman–Crippen MR) is 76.4 cm³/mol. The second-order valence-corrected chi connectivity index (χ2v) is 10.7. The number of hydrogen-bond donors (Lipinski definition) is 0. The quantitative estimate of drug-likeness (QED) is 0.587. The summed E-state index contributed by atoms with van der Waals surface area (Å²) < 4.78 is 9.20. The van der Waals surface area contributed by atoms with Gasteiger partial charge in [0, 0.05) is 0 Å². The van der Waals surface area contributed by atoms with Crippen molar-refractivity contribution in [3.63, 3.8) is 0 Å². The minimum Gasteiger partial charge on any atom is -0.386 e. The Morgan fingerprint density at radius 2 is 1.15 bits per heavy atom. The highest BCUT2D eigenvalue weighted by Crippen LogP contribution is 2.17. The molecule has 7 heteroatoms. The van der Waals surface area contributed by atoms with Crippen LogP contribution in [-0.2, 0) is 0 Å². The largest absolute Gasteiger partial charge is 0.386 e. The molecule has 0 amide bonds. The summed E-state index contributed by atoms with van der Waals surface area (Å²) in [4.78, 5) is 47.1. The summed E-state index contributed by atoms with van der Waals surface area (Å²) in [6.07, 6.45) is 0. The maximum absolute atomic E-state index is 11.9. The molecule has 0 aliphatic rings. The molecule has 0 bridgehead atoms. The van der Waals surface area contributed by atoms with Crippen molar-refractivity contribution in [3.05, 3.63) is 47.7 Å². The van der Waals surface area contributed by atoms with Gasteiger partial charge in [-0.05, 0) is 11.3 Å². The number of hydrogen-bond acceptors (Lipinski definition) is 6. The van der Waals surface area contributed by atoms with Crippen LogP contribution >= 0.6 is 0 Å². The number of rotatable bonds is 1. The van der Waals surface area contributed by atoms with E-state index in [2.05, 4.69) is 8.83 Å². The normalized spacial score (nSPS) is 12.6. The second kappa shape index (κ2) is 3.63. The number of benzene rings is 1. The van der Waals surface area contributed by atoms with Crippen molar-refractivity contribution in [2.24, 2.45) is 0 Å². The number of furan rings is 2. The first-order chi connectivity index (χ1) is 9.21. The topological polar surface area (TPSA) is 94.6 Å². The van der Waals surface area contributed by atoms with E-state index in [4.69, 9.17) is 0 Å². The summed E-state index contributed by atoms with van der Waals surface area (Å²) in [5.74, 6) is 0. The van der Waals surface area contributed by atoms with Crippen molar-refractivity contribution in [1.29, 1.82) is 0 Å². The molecule has 0 aliphatic heterocycles. The minimum atomic E-state index is -2.20. The highest BCUT2D eigenvalue weighted by atomic mass is 28.3. The van der Waals surface area contributed by atoms with Gasteiger partial charge >= 0.3 is 22.5 Å². The van der Waals surface area contributed by atoms with Gasteiger partial charge in [-0.1, -0.05) is 19.6 Å². The molecule has 0 saturated heterocycles. The molecule has 3 aromatic rings. The molecule has 0 atom stereocenters. The first-order valence-electron chi connectivity index (χ1n) is 5.96. The van der Waals surface area contributed by atoms with Gasteiger partial charge in [-0.2, -0.15) is 0 Å². The van der Waals surface area contributed by atoms with E-state index in [0.717, 1.165) is 0 Å². The lowest BCUT2D eigenvalue weighted by atomic mass is 10.1. The van der Waals surface area contributed by atoms with Gasteiger partial charge in [-0.15, -0.1) is 0 Å². The Balaban J connectivity index is 2.85. The fourth-order valence-electron chi connectivity index (χ4n) is 2.56. The highest BCUT2D eigenvalue weighted by Gasteiger charge is 2.30. The van der Waals surface area contributed by atoms with Gasteiger partial charge in [-0.25, -0.2) is 19.2 Å². The van der Waals surface area contributed by atoms with Crippen molar-refractivity contribution in [3.8, 4) is 0 Å². The Morgan fingerprint density at radius 3 is 1.50 bits per heavy atom. The first kappa shape index (κ1) is 12.7. The molecule has 0 aliphatic carbocycles. The molecule has 0 radical (unpaired) electrons. The summed E-state index contributed by atoms with van der Waals surface area (Å²) in [7, 11) is -2.20. The van der Waals surface area contributed by atoms with Crippen molar-refractivity contribution >= 4 is 34.8 Å². The molecule has 2 heterocycles. The predicted octanol–water partition coefficient (Wildman–Crippen LogP) is 0.0406. The van der Waals surface area contributed by atoms with Gasteiger partial charge in [0.25, 0.3) is 0 Å². The van der Waals surface area contributed by atoms with E-state index in [1.807, 2.05) is 19.6 Å². The van der Waals surface area contributed by atoms with Crippen LogP contribution in [0.5, 0.6) is 0 Å². The Morgan fingerprint density at radius 1 is 0.750 bits per heavy atom. The van der Waals surface area contributed by atoms with Gasteiger partial charge in [0.1, 0.15) is 0 Å². The van der Waals surface area contributed by atoms with Crippen LogP contribution in [0.4, 0.5) is 0 Å². The van der Waals surface area contributed by atoms with Gasteiger partial charge in [-0.3, -0.25) is 0 Å². The van der Waals surface area contributed by atoms with Crippen molar-refractivity contribution in [1.82, 2.24) is 0 Å². The van der Waals surface area contributed by atoms with Gasteiger partial charge in [0.15, 0.2) is 0 Å². The highest BCUT2D eigenvalue weighted by molar-refractivity contribution is 6.92. The maximum atomic E-state index is 11.9. The molecule has 2 aromatic heterocycles. The van der Waals surface area contributed by atoms with Crippen LogP contribution in [-0.4, -0.2) is 8.07 Å². The third-order valence-electron chi connectivity index (χ3n) is 3.30. The molecule has 0 N–H and O–H groups in total. The molecule has 6 nitrogen and oxygen atoms in total. The Labute approximate surface area is 112 Å². The molecule has 3 rings (SSSR count). The van der Waals surface area contributed by atoms with Gasteiger partial charge in [0.05, 0.1) is 29.6 Å². The van der Waals surface area contributed by atoms with E-state index >= 15 is 0 Å². The zero-order valence-electron chi connectivity index (χ0n) is 11.0. The lowest BCUT2D eigenvalue weighted by molar-refractivity contribution is 0.499. The third kappa shape index (κ3) is 1.50. The van der Waals surface area contributed by atoms with Crippen molar-refractivity contribution < 1.29 is 8.83 Å². The van der Waals surface area contributed by atoms with Crippen LogP contribution in [0.25, 0.3) is 21.5 Å². The van der Waals surface area contributed by atoms with Crippen LogP contribution in [0.1, 0.15) is 0 Å². The average molecular weight is 290 g/mol. The van der Waals surface area contributed by atoms with E-state index in [1.165, 1.54) is 6.07 Å². The van der Waals surface area contributed by atoms with Crippen molar-refractivity contribution in [2.45, 2.75) is 19.6 Å². The standard InChI is InChI=1S/C13H10O6Si/c1-20(2,3)9-7-5(10(14)18-12(7)16)4-6-8(9)13(17)19-11(6)15/h4H,1-3H3. The maximum Gasteiger partial charge on any atom is 0.346 e. The molecule has 20 heavy (non-hydrogen) atoms. The SMILES string of the molecule is C[Si](C)(C)c1c2c(=O)oc(=O)c2cc2c(=O)oc(=O)c12. The summed E-state index contributed by atoms with van der Waals surface area (Å²) in [5.41, 5.74) is -3.12. The Kier molecular flexibility index (Phi) is 2.31. The van der Waals surface area contributed by atoms with E-state index in [1.54, 1.807) is 0 Å². The fourth-order valence-corrected chi connectivity index (χ4v) is 4.53. The monoisotopic (exact) mass is 290 g/mol. The Bertz CT molecular complexity index is 977. The van der Waals surface area contributed by atoms with E-state index in [-0.39, 0.29) is 21.5 Å². The van der Waals surface area contributed by atoms with Gasteiger partial charge in [0.2, 0.25) is 0 Å². The molecular weight excluding hydrogens is 280 g/mol. The minimum absolute atomic E-state index is 0.0397. The van der Waals surface area contributed by atoms with Crippen molar-refractivity contribution in [2.75, 3.05) is 0 Å². The lowest BCUT2D eigenvalue weighted by Crippen LogP contribution is -2.41. The van der Waals surface area contributed by atoms with Gasteiger partial charge < -0.3 is 8.83 Å². The zero-order valence-corrected chi connectivity index (χ0v) is 12.0. The van der Waals surface area contributed by atoms with E-state index < -0.39 is 30.6 Å². The summed E-state index contributed by atoms with van der Waals surface area (Å²) in [5, 5.41) is 0.756. The average Bonchev–Trinajstić information content (AvgIpc) is 2.76. The smallest absolute Gasteiger partial charge is 0.346 e. The lowest BCUT2D eigenvalue weighted by Gasteiger charge is -2.17. The molecule has 102 valence electrons. The second-order valence-electron chi connectivity index (χ2n) is 5.70. The third-order valence-corrected chi connectivity index (χ3v) is 5.30. The molecule has 0 saturated carbocycles. The molecular formula is C13H10O6Si. The number of fused-ring (bicyclic) bond motifs is 2. The summed E-state index contributed by atoms with van der Waals surface area (Å²) in [6.45, 7) is 5.74. The van der Waals surface area contributed by atoms with Crippen LogP contribution in [0, 0.1) is 0 Å². The zero-order chi connectivity index (χ0) is 14.8. The molecule has 1 aromatic carbocycles. The van der Waals surface area contributed by atoms with Crippen LogP contribution in [0.2, 0.25) is 19.6 Å². The summed E-state index contributed by atoms with van der Waals surface area (Å²) >= 11 is 0.